The van der Waals surface area contributed by atoms with Crippen molar-refractivity contribution < 1.29 is 15.3 Å². The molecule has 0 rings (SSSR count). The van der Waals surface area contributed by atoms with Gasteiger partial charge in [-0.2, -0.15) is 0 Å². The molecule has 140 valence electrons. The number of aliphatic hydroxyl groups excluding tert-OH is 3. The molecule has 0 radical (unpaired) electrons. The molecular formula is C20H42O3. The zero-order valence-electron chi connectivity index (χ0n) is 16.3. The van der Waals surface area contributed by atoms with E-state index in [0.29, 0.717) is 5.92 Å². The minimum atomic E-state index is -0.188. The number of hydrogen-bond donors (Lipinski definition) is 3. The minimum absolute atomic E-state index is 0.0226. The summed E-state index contributed by atoms with van der Waals surface area (Å²) in [5.74, 6) is 0.398. The molecule has 0 spiro atoms. The third kappa shape index (κ3) is 11.1. The van der Waals surface area contributed by atoms with Crippen LogP contribution in [0.2, 0.25) is 0 Å². The maximum atomic E-state index is 10.2. The van der Waals surface area contributed by atoms with Gasteiger partial charge < -0.3 is 15.3 Å². The van der Waals surface area contributed by atoms with E-state index in [1.165, 1.54) is 0 Å². The molecular weight excluding hydrogens is 288 g/mol. The van der Waals surface area contributed by atoms with Crippen LogP contribution in [-0.2, 0) is 0 Å². The molecule has 0 aromatic heterocycles. The molecule has 3 heteroatoms. The summed E-state index contributed by atoms with van der Waals surface area (Å²) in [7, 11) is 0. The van der Waals surface area contributed by atoms with Crippen LogP contribution in [0.5, 0.6) is 0 Å². The number of unbranched alkanes of at least 4 members (excludes halogenated alkanes) is 2. The van der Waals surface area contributed by atoms with Crippen molar-refractivity contribution in [3.8, 4) is 0 Å². The molecule has 3 N–H and O–H groups in total. The summed E-state index contributed by atoms with van der Waals surface area (Å²) < 4.78 is 0. The minimum Gasteiger partial charge on any atom is -0.396 e. The summed E-state index contributed by atoms with van der Waals surface area (Å²) in [6.07, 6.45) is 9.41. The summed E-state index contributed by atoms with van der Waals surface area (Å²) in [6, 6.07) is 0. The summed E-state index contributed by atoms with van der Waals surface area (Å²) in [6.45, 7) is 11.0. The Morgan fingerprint density at radius 1 is 0.739 bits per heavy atom. The molecule has 0 aliphatic rings. The van der Waals surface area contributed by atoms with E-state index in [2.05, 4.69) is 34.6 Å². The van der Waals surface area contributed by atoms with Gasteiger partial charge in [0.1, 0.15) is 0 Å². The lowest BCUT2D eigenvalue weighted by Gasteiger charge is -2.25. The van der Waals surface area contributed by atoms with Crippen molar-refractivity contribution >= 4 is 0 Å². The molecule has 0 aromatic rings. The van der Waals surface area contributed by atoms with Crippen LogP contribution in [0, 0.1) is 16.7 Å². The van der Waals surface area contributed by atoms with Gasteiger partial charge in [-0.3, -0.25) is 0 Å². The van der Waals surface area contributed by atoms with Crippen molar-refractivity contribution in [2.45, 2.75) is 98.5 Å². The van der Waals surface area contributed by atoms with E-state index in [9.17, 15) is 15.3 Å². The van der Waals surface area contributed by atoms with Gasteiger partial charge >= 0.3 is 0 Å². The first-order valence-electron chi connectivity index (χ1n) is 9.57. The average molecular weight is 331 g/mol. The summed E-state index contributed by atoms with van der Waals surface area (Å²) >= 11 is 0. The van der Waals surface area contributed by atoms with Crippen LogP contribution in [0.3, 0.4) is 0 Å². The van der Waals surface area contributed by atoms with Crippen LogP contribution in [0.1, 0.15) is 92.4 Å². The first-order chi connectivity index (χ1) is 10.7. The Morgan fingerprint density at radius 3 is 1.43 bits per heavy atom. The van der Waals surface area contributed by atoms with Crippen molar-refractivity contribution in [1.29, 1.82) is 0 Å². The number of rotatable bonds is 14. The molecule has 0 aliphatic carbocycles. The monoisotopic (exact) mass is 330 g/mol. The fourth-order valence-corrected chi connectivity index (χ4v) is 3.04. The highest BCUT2D eigenvalue weighted by Crippen LogP contribution is 2.28. The maximum Gasteiger partial charge on any atom is 0.0565 e. The normalized spacial score (nSPS) is 14.5. The van der Waals surface area contributed by atoms with Crippen molar-refractivity contribution in [2.75, 3.05) is 13.2 Å². The van der Waals surface area contributed by atoms with E-state index < -0.39 is 0 Å². The first kappa shape index (κ1) is 22.9. The lowest BCUT2D eigenvalue weighted by atomic mass is 9.83. The van der Waals surface area contributed by atoms with Gasteiger partial charge in [-0.25, -0.2) is 0 Å². The average Bonchev–Trinajstić information content (AvgIpc) is 2.52. The van der Waals surface area contributed by atoms with Crippen LogP contribution < -0.4 is 0 Å². The third-order valence-corrected chi connectivity index (χ3v) is 5.18. The Morgan fingerprint density at radius 2 is 1.13 bits per heavy atom. The SMILES string of the molecule is CCC(O)C(CCCCC(C)(C)CO)CCCCC(C)(C)CO. The van der Waals surface area contributed by atoms with E-state index in [1.807, 2.05) is 0 Å². The van der Waals surface area contributed by atoms with Gasteiger partial charge in [0.15, 0.2) is 0 Å². The molecule has 0 fully saturated rings. The molecule has 0 aromatic carbocycles. The predicted molar refractivity (Wildman–Crippen MR) is 98.5 cm³/mol. The fraction of sp³-hybridized carbons (Fsp3) is 1.00. The highest BCUT2D eigenvalue weighted by molar-refractivity contribution is 4.72. The van der Waals surface area contributed by atoms with Gasteiger partial charge in [-0.05, 0) is 48.9 Å². The van der Waals surface area contributed by atoms with E-state index in [0.717, 1.165) is 57.8 Å². The molecule has 1 atom stereocenters. The van der Waals surface area contributed by atoms with Crippen molar-refractivity contribution in [3.63, 3.8) is 0 Å². The zero-order valence-corrected chi connectivity index (χ0v) is 16.3. The van der Waals surface area contributed by atoms with Gasteiger partial charge in [0.2, 0.25) is 0 Å². The molecule has 23 heavy (non-hydrogen) atoms. The van der Waals surface area contributed by atoms with Crippen molar-refractivity contribution in [3.05, 3.63) is 0 Å². The van der Waals surface area contributed by atoms with Gasteiger partial charge in [0, 0.05) is 13.2 Å². The molecule has 0 bridgehead atoms. The van der Waals surface area contributed by atoms with Gasteiger partial charge in [0.05, 0.1) is 6.10 Å². The standard InChI is InChI=1S/C20H42O3/c1-6-18(23)17(11-7-9-13-19(2,3)15-21)12-8-10-14-20(4,5)16-22/h17-18,21-23H,6-16H2,1-5H3. The quantitative estimate of drug-likeness (QED) is 0.410. The Hall–Kier alpha value is -0.120. The second-order valence-corrected chi connectivity index (χ2v) is 8.87. The Bertz CT molecular complexity index is 263. The molecule has 3 nitrogen and oxygen atoms in total. The topological polar surface area (TPSA) is 60.7 Å². The van der Waals surface area contributed by atoms with E-state index in [4.69, 9.17) is 0 Å². The number of aliphatic hydroxyl groups is 3. The third-order valence-electron chi connectivity index (χ3n) is 5.18. The van der Waals surface area contributed by atoms with E-state index in [1.54, 1.807) is 0 Å². The summed E-state index contributed by atoms with van der Waals surface area (Å²) in [4.78, 5) is 0. The lowest BCUT2D eigenvalue weighted by Crippen LogP contribution is -2.21. The van der Waals surface area contributed by atoms with Crippen LogP contribution in [0.15, 0.2) is 0 Å². The second kappa shape index (κ2) is 11.4. The number of hydrogen-bond acceptors (Lipinski definition) is 3. The fourth-order valence-electron chi connectivity index (χ4n) is 3.04. The van der Waals surface area contributed by atoms with E-state index in [-0.39, 0.29) is 30.1 Å². The Balaban J connectivity index is 4.08. The molecule has 0 aliphatic heterocycles. The van der Waals surface area contributed by atoms with Gasteiger partial charge in [-0.15, -0.1) is 0 Å². The molecule has 1 unspecified atom stereocenters. The summed E-state index contributed by atoms with van der Waals surface area (Å²) in [5.41, 5.74) is 0.0451. The Labute approximate surface area is 144 Å². The molecule has 0 saturated heterocycles. The van der Waals surface area contributed by atoms with Crippen LogP contribution in [-0.4, -0.2) is 34.6 Å². The van der Waals surface area contributed by atoms with Crippen LogP contribution in [0.25, 0.3) is 0 Å². The predicted octanol–water partition coefficient (Wildman–Crippen LogP) is 4.53. The van der Waals surface area contributed by atoms with E-state index >= 15 is 0 Å². The Kier molecular flexibility index (Phi) is 11.4. The maximum absolute atomic E-state index is 10.2. The molecule has 0 heterocycles. The smallest absolute Gasteiger partial charge is 0.0565 e. The van der Waals surface area contributed by atoms with Gasteiger partial charge in [-0.1, -0.05) is 60.3 Å². The van der Waals surface area contributed by atoms with Crippen molar-refractivity contribution in [1.82, 2.24) is 0 Å². The van der Waals surface area contributed by atoms with Crippen LogP contribution >= 0.6 is 0 Å². The first-order valence-corrected chi connectivity index (χ1v) is 9.57. The van der Waals surface area contributed by atoms with Crippen molar-refractivity contribution in [2.24, 2.45) is 16.7 Å². The second-order valence-electron chi connectivity index (χ2n) is 8.87. The summed E-state index contributed by atoms with van der Waals surface area (Å²) in [5, 5.41) is 28.8. The largest absolute Gasteiger partial charge is 0.396 e. The zero-order chi connectivity index (χ0) is 17.9. The molecule has 0 amide bonds. The van der Waals surface area contributed by atoms with Crippen LogP contribution in [0.4, 0.5) is 0 Å². The highest BCUT2D eigenvalue weighted by atomic mass is 16.3. The lowest BCUT2D eigenvalue weighted by molar-refractivity contribution is 0.0867. The van der Waals surface area contributed by atoms with Gasteiger partial charge in [0.25, 0.3) is 0 Å². The molecule has 0 saturated carbocycles. The highest BCUT2D eigenvalue weighted by Gasteiger charge is 2.20.